The highest BCUT2D eigenvalue weighted by atomic mass is 15.2. The van der Waals surface area contributed by atoms with E-state index in [2.05, 4.69) is 20.2 Å². The van der Waals surface area contributed by atoms with Crippen LogP contribution in [0.5, 0.6) is 0 Å². The summed E-state index contributed by atoms with van der Waals surface area (Å²) in [4.78, 5) is 2.79. The van der Waals surface area contributed by atoms with E-state index in [-0.39, 0.29) is 0 Å². The Balaban J connectivity index is 2.63. The van der Waals surface area contributed by atoms with Gasteiger partial charge in [0, 0.05) is 23.2 Å². The molecule has 0 saturated heterocycles. The molecule has 2 aromatic rings. The fourth-order valence-corrected chi connectivity index (χ4v) is 1.55. The van der Waals surface area contributed by atoms with Crippen molar-refractivity contribution in [3.63, 3.8) is 0 Å². The van der Waals surface area contributed by atoms with E-state index in [9.17, 15) is 0 Å². The minimum Gasteiger partial charge on any atom is -0.317 e. The Morgan fingerprint density at radius 2 is 2.25 bits per heavy atom. The number of nitrogens with zero attached hydrogens (tertiary/aromatic N) is 6. The topological polar surface area (TPSA) is 79.5 Å². The zero-order valence-electron chi connectivity index (χ0n) is 8.99. The molecule has 0 bridgehead atoms. The van der Waals surface area contributed by atoms with Crippen molar-refractivity contribution in [1.82, 2.24) is 14.8 Å². The SMILES string of the molecule is Cc1c(N=[N+]=[N-])cccc1-c1nncn1C. The Morgan fingerprint density at radius 3 is 2.88 bits per heavy atom. The van der Waals surface area contributed by atoms with Crippen LogP contribution >= 0.6 is 0 Å². The van der Waals surface area contributed by atoms with E-state index in [1.807, 2.05) is 30.7 Å². The first-order chi connectivity index (χ1) is 7.74. The summed E-state index contributed by atoms with van der Waals surface area (Å²) in [6, 6.07) is 5.53. The van der Waals surface area contributed by atoms with Gasteiger partial charge < -0.3 is 4.57 Å². The highest BCUT2D eigenvalue weighted by Gasteiger charge is 2.09. The zero-order chi connectivity index (χ0) is 11.5. The molecule has 2 rings (SSSR count). The van der Waals surface area contributed by atoms with Crippen molar-refractivity contribution in [2.24, 2.45) is 12.2 Å². The van der Waals surface area contributed by atoms with Crippen molar-refractivity contribution in [3.05, 3.63) is 40.5 Å². The van der Waals surface area contributed by atoms with Crippen LogP contribution in [-0.4, -0.2) is 14.8 Å². The number of aromatic nitrogens is 3. The van der Waals surface area contributed by atoms with E-state index in [0.717, 1.165) is 17.0 Å². The number of hydrogen-bond donors (Lipinski definition) is 0. The molecule has 1 aromatic heterocycles. The van der Waals surface area contributed by atoms with Gasteiger partial charge in [0.25, 0.3) is 0 Å². The molecule has 0 aliphatic rings. The lowest BCUT2D eigenvalue weighted by Gasteiger charge is -2.06. The van der Waals surface area contributed by atoms with Gasteiger partial charge in [-0.05, 0) is 18.0 Å². The quantitative estimate of drug-likeness (QED) is 0.437. The van der Waals surface area contributed by atoms with E-state index in [4.69, 9.17) is 5.53 Å². The van der Waals surface area contributed by atoms with Crippen LogP contribution in [0.25, 0.3) is 21.8 Å². The number of rotatable bonds is 2. The normalized spacial score (nSPS) is 9.88. The van der Waals surface area contributed by atoms with Crippen molar-refractivity contribution < 1.29 is 0 Å². The zero-order valence-corrected chi connectivity index (χ0v) is 8.99. The van der Waals surface area contributed by atoms with E-state index in [1.54, 1.807) is 12.4 Å². The maximum absolute atomic E-state index is 8.45. The Labute approximate surface area is 92.2 Å². The van der Waals surface area contributed by atoms with Gasteiger partial charge in [-0.25, -0.2) is 0 Å². The molecule has 0 radical (unpaired) electrons. The van der Waals surface area contributed by atoms with Gasteiger partial charge in [-0.1, -0.05) is 23.3 Å². The maximum atomic E-state index is 8.45. The molecule has 6 nitrogen and oxygen atoms in total. The summed E-state index contributed by atoms with van der Waals surface area (Å²) in [5, 5.41) is 11.5. The van der Waals surface area contributed by atoms with Crippen molar-refractivity contribution in [2.75, 3.05) is 0 Å². The van der Waals surface area contributed by atoms with Crippen molar-refractivity contribution in [3.8, 4) is 11.4 Å². The molecule has 0 aliphatic heterocycles. The number of aryl methyl sites for hydroxylation is 1. The third-order valence-electron chi connectivity index (χ3n) is 2.41. The predicted octanol–water partition coefficient (Wildman–Crippen LogP) is 2.73. The number of benzene rings is 1. The van der Waals surface area contributed by atoms with Gasteiger partial charge in [0.1, 0.15) is 6.33 Å². The lowest BCUT2D eigenvalue weighted by atomic mass is 10.1. The standard InChI is InChI=1S/C10H10N6/c1-7-8(10-14-12-6-16(10)2)4-3-5-9(7)13-15-11/h3-6H,1-2H3. The van der Waals surface area contributed by atoms with E-state index in [1.165, 1.54) is 0 Å². The van der Waals surface area contributed by atoms with Crippen LogP contribution in [0, 0.1) is 6.92 Å². The van der Waals surface area contributed by atoms with Gasteiger partial charge in [-0.15, -0.1) is 10.2 Å². The van der Waals surface area contributed by atoms with E-state index in [0.29, 0.717) is 5.69 Å². The summed E-state index contributed by atoms with van der Waals surface area (Å²) in [6.45, 7) is 1.90. The van der Waals surface area contributed by atoms with Crippen molar-refractivity contribution >= 4 is 5.69 Å². The average molecular weight is 214 g/mol. The van der Waals surface area contributed by atoms with Gasteiger partial charge >= 0.3 is 0 Å². The Bertz CT molecular complexity index is 564. The average Bonchev–Trinajstić information content (AvgIpc) is 2.68. The van der Waals surface area contributed by atoms with Crippen LogP contribution in [0.3, 0.4) is 0 Å². The first-order valence-corrected chi connectivity index (χ1v) is 4.73. The Kier molecular flexibility index (Phi) is 2.57. The van der Waals surface area contributed by atoms with Crippen molar-refractivity contribution in [1.29, 1.82) is 0 Å². The summed E-state index contributed by atoms with van der Waals surface area (Å²) >= 11 is 0. The molecule has 6 heteroatoms. The Hall–Kier alpha value is -2.33. The maximum Gasteiger partial charge on any atom is 0.163 e. The van der Waals surface area contributed by atoms with Crippen LogP contribution in [0.2, 0.25) is 0 Å². The lowest BCUT2D eigenvalue weighted by Crippen LogP contribution is -1.93. The number of azide groups is 1. The second-order valence-corrected chi connectivity index (χ2v) is 3.40. The highest BCUT2D eigenvalue weighted by molar-refractivity contribution is 5.67. The van der Waals surface area contributed by atoms with Crippen LogP contribution in [0.4, 0.5) is 5.69 Å². The van der Waals surface area contributed by atoms with Crippen LogP contribution in [0.15, 0.2) is 29.6 Å². The third-order valence-corrected chi connectivity index (χ3v) is 2.41. The molecule has 16 heavy (non-hydrogen) atoms. The van der Waals surface area contributed by atoms with Crippen LogP contribution < -0.4 is 0 Å². The van der Waals surface area contributed by atoms with Crippen LogP contribution in [0.1, 0.15) is 5.56 Å². The molecule has 0 N–H and O–H groups in total. The van der Waals surface area contributed by atoms with Gasteiger partial charge in [-0.3, -0.25) is 0 Å². The second kappa shape index (κ2) is 4.04. The predicted molar refractivity (Wildman–Crippen MR) is 60.0 cm³/mol. The second-order valence-electron chi connectivity index (χ2n) is 3.40. The van der Waals surface area contributed by atoms with Gasteiger partial charge in [0.05, 0.1) is 0 Å². The first-order valence-electron chi connectivity index (χ1n) is 4.73. The summed E-state index contributed by atoms with van der Waals surface area (Å²) in [5.41, 5.74) is 10.9. The van der Waals surface area contributed by atoms with Gasteiger partial charge in [-0.2, -0.15) is 0 Å². The van der Waals surface area contributed by atoms with Crippen LogP contribution in [-0.2, 0) is 7.05 Å². The highest BCUT2D eigenvalue weighted by Crippen LogP contribution is 2.28. The summed E-state index contributed by atoms with van der Waals surface area (Å²) in [7, 11) is 1.87. The summed E-state index contributed by atoms with van der Waals surface area (Å²) in [6.07, 6.45) is 1.63. The minimum atomic E-state index is 0.614. The fraction of sp³-hybridized carbons (Fsp3) is 0.200. The molecule has 0 aliphatic carbocycles. The molecule has 0 amide bonds. The molecule has 0 spiro atoms. The third kappa shape index (κ3) is 1.62. The molecular formula is C10H10N6. The molecule has 0 saturated carbocycles. The number of hydrogen-bond acceptors (Lipinski definition) is 3. The molecule has 1 heterocycles. The van der Waals surface area contributed by atoms with Gasteiger partial charge in [0.15, 0.2) is 5.82 Å². The molecule has 0 atom stereocenters. The molecular weight excluding hydrogens is 204 g/mol. The molecule has 80 valence electrons. The summed E-state index contributed by atoms with van der Waals surface area (Å²) < 4.78 is 1.82. The van der Waals surface area contributed by atoms with Crippen molar-refractivity contribution in [2.45, 2.75) is 6.92 Å². The molecule has 0 unspecified atom stereocenters. The summed E-state index contributed by atoms with van der Waals surface area (Å²) in [5.74, 6) is 0.757. The van der Waals surface area contributed by atoms with Gasteiger partial charge in [0.2, 0.25) is 0 Å². The molecule has 0 fully saturated rings. The Morgan fingerprint density at radius 1 is 1.44 bits per heavy atom. The van der Waals surface area contributed by atoms with E-state index >= 15 is 0 Å². The monoisotopic (exact) mass is 214 g/mol. The lowest BCUT2D eigenvalue weighted by molar-refractivity contribution is 0.918. The largest absolute Gasteiger partial charge is 0.317 e. The minimum absolute atomic E-state index is 0.614. The molecule has 1 aromatic carbocycles. The van der Waals surface area contributed by atoms with E-state index < -0.39 is 0 Å². The smallest absolute Gasteiger partial charge is 0.163 e. The fourth-order valence-electron chi connectivity index (χ4n) is 1.55. The first kappa shape index (κ1) is 10.2.